The number of carboxylic acid groups (broad SMARTS) is 1. The van der Waals surface area contributed by atoms with Crippen LogP contribution < -0.4 is 15.8 Å². The molecule has 0 radical (unpaired) electrons. The van der Waals surface area contributed by atoms with Crippen LogP contribution in [-0.4, -0.2) is 76.2 Å². The van der Waals surface area contributed by atoms with Crippen LogP contribution >= 0.6 is 0 Å². The van der Waals surface area contributed by atoms with Crippen LogP contribution in [0.2, 0.25) is 0 Å². The highest BCUT2D eigenvalue weighted by atomic mass is 19.1. The van der Waals surface area contributed by atoms with Gasteiger partial charge in [0.2, 0.25) is 5.88 Å². The van der Waals surface area contributed by atoms with Crippen LogP contribution in [0.25, 0.3) is 11.1 Å². The van der Waals surface area contributed by atoms with Crippen LogP contribution in [0.4, 0.5) is 9.18 Å². The molecule has 10 heteroatoms. The van der Waals surface area contributed by atoms with Gasteiger partial charge in [-0.1, -0.05) is 66.7 Å². The monoisotopic (exact) mass is 651 g/mol. The van der Waals surface area contributed by atoms with Crippen LogP contribution in [0.15, 0.2) is 91.1 Å². The van der Waals surface area contributed by atoms with Crippen molar-refractivity contribution in [3.63, 3.8) is 0 Å². The van der Waals surface area contributed by atoms with Crippen molar-refractivity contribution in [3.05, 3.63) is 114 Å². The fourth-order valence-electron chi connectivity index (χ4n) is 6.63. The second kappa shape index (κ2) is 15.4. The highest BCUT2D eigenvalue weighted by Gasteiger charge is 2.30. The third-order valence-electron chi connectivity index (χ3n) is 9.35. The summed E-state index contributed by atoms with van der Waals surface area (Å²) < 4.78 is 20.2. The number of carbonyl (C=O) groups is 2. The van der Waals surface area contributed by atoms with Crippen molar-refractivity contribution in [1.29, 1.82) is 0 Å². The lowest BCUT2D eigenvalue weighted by Crippen LogP contribution is -2.55. The van der Waals surface area contributed by atoms with E-state index < -0.39 is 17.8 Å². The molecule has 4 N–H and O–H groups in total. The number of pyridine rings is 1. The number of amides is 2. The summed E-state index contributed by atoms with van der Waals surface area (Å²) in [6.07, 6.45) is 4.98. The average molecular weight is 652 g/mol. The van der Waals surface area contributed by atoms with Crippen molar-refractivity contribution >= 4 is 12.0 Å². The second-order valence-corrected chi connectivity index (χ2v) is 12.8. The Bertz CT molecular complexity index is 1700. The number of nitrogens with one attached hydrogen (secondary N) is 1. The zero-order valence-corrected chi connectivity index (χ0v) is 26.9. The van der Waals surface area contributed by atoms with Gasteiger partial charge >= 0.3 is 6.09 Å². The van der Waals surface area contributed by atoms with Crippen molar-refractivity contribution in [3.8, 4) is 22.8 Å². The van der Waals surface area contributed by atoms with Gasteiger partial charge in [-0.15, -0.1) is 0 Å². The predicted octanol–water partition coefficient (Wildman–Crippen LogP) is 6.13. The topological polar surface area (TPSA) is 121 Å². The molecule has 1 unspecified atom stereocenters. The molecule has 1 aromatic heterocycles. The molecule has 48 heavy (non-hydrogen) atoms. The Morgan fingerprint density at radius 1 is 0.917 bits per heavy atom. The van der Waals surface area contributed by atoms with Crippen LogP contribution in [0.5, 0.6) is 11.6 Å². The van der Waals surface area contributed by atoms with E-state index in [-0.39, 0.29) is 29.6 Å². The van der Waals surface area contributed by atoms with Crippen LogP contribution in [0, 0.1) is 5.82 Å². The van der Waals surface area contributed by atoms with Gasteiger partial charge < -0.3 is 25.8 Å². The quantitative estimate of drug-likeness (QED) is 0.189. The molecule has 6 rings (SSSR count). The van der Waals surface area contributed by atoms with Gasteiger partial charge in [0.25, 0.3) is 5.91 Å². The van der Waals surface area contributed by atoms with Crippen molar-refractivity contribution in [2.24, 2.45) is 5.73 Å². The summed E-state index contributed by atoms with van der Waals surface area (Å²) in [5.74, 6) is -0.496. The van der Waals surface area contributed by atoms with Gasteiger partial charge in [0.15, 0.2) is 0 Å². The molecule has 2 amide bonds. The summed E-state index contributed by atoms with van der Waals surface area (Å²) >= 11 is 0. The lowest BCUT2D eigenvalue weighted by Gasteiger charge is -2.40. The maximum atomic E-state index is 14.2. The number of hydrogen-bond acceptors (Lipinski definition) is 6. The summed E-state index contributed by atoms with van der Waals surface area (Å²) in [6.45, 7) is 2.76. The maximum Gasteiger partial charge on any atom is 0.407 e. The molecule has 1 saturated carbocycles. The fourth-order valence-corrected chi connectivity index (χ4v) is 6.63. The van der Waals surface area contributed by atoms with E-state index >= 15 is 0 Å². The Kier molecular flexibility index (Phi) is 10.6. The van der Waals surface area contributed by atoms with Gasteiger partial charge in [0, 0.05) is 38.3 Å². The van der Waals surface area contributed by atoms with E-state index in [0.29, 0.717) is 31.8 Å². The van der Waals surface area contributed by atoms with Gasteiger partial charge in [-0.05, 0) is 79.0 Å². The van der Waals surface area contributed by atoms with Crippen molar-refractivity contribution in [1.82, 2.24) is 20.1 Å². The Morgan fingerprint density at radius 2 is 1.69 bits per heavy atom. The van der Waals surface area contributed by atoms with Crippen molar-refractivity contribution < 1.29 is 23.8 Å². The molecule has 2 heterocycles. The molecule has 1 aliphatic heterocycles. The average Bonchev–Trinajstić information content (AvgIpc) is 3.10. The van der Waals surface area contributed by atoms with E-state index in [2.05, 4.69) is 39.5 Å². The molecular formula is C38H42FN5O4. The Hall–Kier alpha value is -4.80. The SMILES string of the molecule is NC1CCC(NC(=O)c2cc(F)cnc2Oc2cccc(-c3ccc(CCN4CCN(C(=O)O)C(Cc5ccccc5)C4)cc3)c2)CC1. The van der Waals surface area contributed by atoms with E-state index in [1.54, 1.807) is 11.0 Å². The summed E-state index contributed by atoms with van der Waals surface area (Å²) in [4.78, 5) is 33.0. The molecule has 9 nitrogen and oxygen atoms in total. The normalized spacial score (nSPS) is 19.9. The van der Waals surface area contributed by atoms with Gasteiger partial charge in [-0.3, -0.25) is 9.69 Å². The zero-order valence-electron chi connectivity index (χ0n) is 26.9. The number of piperazine rings is 1. The Morgan fingerprint density at radius 3 is 2.44 bits per heavy atom. The molecule has 1 atom stereocenters. The molecule has 4 aromatic rings. The Balaban J connectivity index is 1.07. The van der Waals surface area contributed by atoms with Crippen molar-refractivity contribution in [2.75, 3.05) is 26.2 Å². The molecule has 0 spiro atoms. The largest absolute Gasteiger partial charge is 0.465 e. The van der Waals surface area contributed by atoms with Gasteiger partial charge in [0.05, 0.1) is 12.2 Å². The summed E-state index contributed by atoms with van der Waals surface area (Å²) in [5.41, 5.74) is 10.3. The minimum absolute atomic E-state index is 0.0153. The fraction of sp³-hybridized carbons (Fsp3) is 0.342. The third-order valence-corrected chi connectivity index (χ3v) is 9.35. The minimum atomic E-state index is -0.860. The number of carbonyl (C=O) groups excluding carboxylic acids is 1. The van der Waals surface area contributed by atoms with Crippen LogP contribution in [0.3, 0.4) is 0 Å². The lowest BCUT2D eigenvalue weighted by molar-refractivity contribution is 0.0680. The standard InChI is InChI=1S/C38H42FN5O4/c39-30-23-35(36(45)42-32-15-13-31(40)14-16-32)37(41-24-30)48-34-8-4-7-29(22-34)28-11-9-26(10-12-28)17-18-43-19-20-44(38(46)47)33(25-43)21-27-5-2-1-3-6-27/h1-12,22-24,31-33H,13-21,25,40H2,(H,42,45)(H,46,47). The molecule has 1 saturated heterocycles. The smallest absolute Gasteiger partial charge is 0.407 e. The van der Waals surface area contributed by atoms with E-state index in [9.17, 15) is 19.1 Å². The van der Waals surface area contributed by atoms with Gasteiger partial charge in [0.1, 0.15) is 17.1 Å². The Labute approximate surface area is 280 Å². The first-order chi connectivity index (χ1) is 23.3. The number of rotatable bonds is 10. The van der Waals surface area contributed by atoms with Crippen LogP contribution in [-0.2, 0) is 12.8 Å². The number of nitrogens with zero attached hydrogens (tertiary/aromatic N) is 3. The molecule has 0 bridgehead atoms. The summed E-state index contributed by atoms with van der Waals surface area (Å²) in [5, 5.41) is 12.8. The second-order valence-electron chi connectivity index (χ2n) is 12.8. The number of nitrogens with two attached hydrogens (primary N) is 1. The molecule has 2 fully saturated rings. The first-order valence-corrected chi connectivity index (χ1v) is 16.7. The summed E-state index contributed by atoms with van der Waals surface area (Å²) in [7, 11) is 0. The van der Waals surface area contributed by atoms with E-state index in [0.717, 1.165) is 67.6 Å². The molecule has 1 aliphatic carbocycles. The van der Waals surface area contributed by atoms with Gasteiger partial charge in [-0.25, -0.2) is 14.2 Å². The number of benzene rings is 3. The highest BCUT2D eigenvalue weighted by Crippen LogP contribution is 2.29. The van der Waals surface area contributed by atoms with Crippen molar-refractivity contribution in [2.45, 2.75) is 56.7 Å². The van der Waals surface area contributed by atoms with E-state index in [1.165, 1.54) is 5.56 Å². The highest BCUT2D eigenvalue weighted by molar-refractivity contribution is 5.96. The first-order valence-electron chi connectivity index (χ1n) is 16.7. The van der Waals surface area contributed by atoms with E-state index in [1.807, 2.05) is 48.5 Å². The van der Waals surface area contributed by atoms with E-state index in [4.69, 9.17) is 10.5 Å². The number of aromatic nitrogens is 1. The third kappa shape index (κ3) is 8.56. The molecule has 2 aliphatic rings. The number of ether oxygens (including phenoxy) is 1. The summed E-state index contributed by atoms with van der Waals surface area (Å²) in [6, 6.07) is 27.1. The molecule has 250 valence electrons. The predicted molar refractivity (Wildman–Crippen MR) is 183 cm³/mol. The zero-order chi connectivity index (χ0) is 33.5. The maximum absolute atomic E-state index is 14.2. The number of hydrogen-bond donors (Lipinski definition) is 3. The first kappa shape index (κ1) is 33.1. The molecular weight excluding hydrogens is 609 g/mol. The van der Waals surface area contributed by atoms with Gasteiger partial charge in [-0.2, -0.15) is 0 Å². The molecule has 3 aromatic carbocycles. The minimum Gasteiger partial charge on any atom is -0.465 e. The lowest BCUT2D eigenvalue weighted by atomic mass is 9.91. The number of halogens is 1. The van der Waals surface area contributed by atoms with Crippen LogP contribution in [0.1, 0.15) is 47.2 Å².